The van der Waals surface area contributed by atoms with Gasteiger partial charge in [-0.15, -0.1) is 0 Å². The maximum atomic E-state index is 2.57. The Morgan fingerprint density at radius 3 is 1.10 bits per heavy atom. The number of para-hydroxylation sites is 6. The van der Waals surface area contributed by atoms with E-state index in [1.165, 1.54) is 45.3 Å². The van der Waals surface area contributed by atoms with Crippen LogP contribution in [0.15, 0.2) is 97.1 Å². The molecule has 0 saturated carbocycles. The smallest absolute Gasteiger partial charge is 0.0953 e. The van der Waals surface area contributed by atoms with Crippen LogP contribution in [0.25, 0.3) is 0 Å². The van der Waals surface area contributed by atoms with Gasteiger partial charge in [-0.3, -0.25) is 0 Å². The maximum absolute atomic E-state index is 2.57. The standard InChI is InChI=1S/C38H46N4/c1-37(2,3)29-17-7-9-19-31(29)41-27-39(33-21-11-13-23-35(33)41)25-15-16-26-40-28-42(36-24-14-12-22-34(36)40)32-20-10-8-18-30(32)38(4,5)6/h7-14,17-24H,15-16,25-28H2,1-6H3. The Bertz CT molecular complexity index is 1430. The lowest BCUT2D eigenvalue weighted by atomic mass is 9.85. The van der Waals surface area contributed by atoms with E-state index in [-0.39, 0.29) is 10.8 Å². The van der Waals surface area contributed by atoms with Crippen LogP contribution in [0.2, 0.25) is 0 Å². The maximum Gasteiger partial charge on any atom is 0.0953 e. The van der Waals surface area contributed by atoms with Crippen LogP contribution in [0.5, 0.6) is 0 Å². The zero-order valence-electron chi connectivity index (χ0n) is 26.3. The van der Waals surface area contributed by atoms with Gasteiger partial charge in [-0.1, -0.05) is 102 Å². The fourth-order valence-corrected chi connectivity index (χ4v) is 6.65. The molecule has 4 nitrogen and oxygen atoms in total. The van der Waals surface area contributed by atoms with Crippen molar-refractivity contribution < 1.29 is 0 Å². The molecule has 42 heavy (non-hydrogen) atoms. The van der Waals surface area contributed by atoms with Gasteiger partial charge < -0.3 is 19.6 Å². The number of benzene rings is 4. The fraction of sp³-hybridized carbons (Fsp3) is 0.368. The second-order valence-corrected chi connectivity index (χ2v) is 13.9. The first-order chi connectivity index (χ1) is 20.1. The number of unbranched alkanes of at least 4 members (excludes halogenated alkanes) is 1. The molecule has 0 radical (unpaired) electrons. The highest BCUT2D eigenvalue weighted by molar-refractivity contribution is 5.84. The molecule has 0 unspecified atom stereocenters. The van der Waals surface area contributed by atoms with Gasteiger partial charge in [0.2, 0.25) is 0 Å². The van der Waals surface area contributed by atoms with Gasteiger partial charge in [0.15, 0.2) is 0 Å². The predicted molar refractivity (Wildman–Crippen MR) is 181 cm³/mol. The normalized spacial score (nSPS) is 14.9. The fourth-order valence-electron chi connectivity index (χ4n) is 6.65. The SMILES string of the molecule is CC(C)(C)c1ccccc1N1CN(CCCCN2CN(c3ccccc3C(C)(C)C)c3ccccc32)c2ccccc21. The molecule has 4 heteroatoms. The van der Waals surface area contributed by atoms with Crippen molar-refractivity contribution in [3.8, 4) is 0 Å². The Labute approximate surface area is 253 Å². The zero-order valence-corrected chi connectivity index (χ0v) is 26.3. The summed E-state index contributed by atoms with van der Waals surface area (Å²) >= 11 is 0. The van der Waals surface area contributed by atoms with Crippen LogP contribution >= 0.6 is 0 Å². The molecule has 2 aliphatic heterocycles. The van der Waals surface area contributed by atoms with E-state index in [0.717, 1.165) is 39.3 Å². The van der Waals surface area contributed by atoms with Gasteiger partial charge in [-0.25, -0.2) is 0 Å². The Kier molecular flexibility index (Phi) is 7.43. The molecule has 218 valence electrons. The number of anilines is 6. The van der Waals surface area contributed by atoms with E-state index in [9.17, 15) is 0 Å². The lowest BCUT2D eigenvalue weighted by Crippen LogP contribution is -2.32. The summed E-state index contributed by atoms with van der Waals surface area (Å²) in [7, 11) is 0. The summed E-state index contributed by atoms with van der Waals surface area (Å²) in [6, 6.07) is 35.7. The van der Waals surface area contributed by atoms with Crippen molar-refractivity contribution in [2.45, 2.75) is 65.2 Å². The summed E-state index contributed by atoms with van der Waals surface area (Å²) < 4.78 is 0. The molecule has 0 bridgehead atoms. The zero-order chi connectivity index (χ0) is 29.5. The molecule has 4 aromatic carbocycles. The van der Waals surface area contributed by atoms with Crippen molar-refractivity contribution >= 4 is 34.1 Å². The Hall–Kier alpha value is -3.92. The molecule has 0 atom stereocenters. The van der Waals surface area contributed by atoms with Crippen molar-refractivity contribution in [2.75, 3.05) is 46.0 Å². The molecule has 0 aromatic heterocycles. The van der Waals surface area contributed by atoms with E-state index >= 15 is 0 Å². The number of rotatable bonds is 7. The summed E-state index contributed by atoms with van der Waals surface area (Å²) in [5, 5.41) is 0. The van der Waals surface area contributed by atoms with Crippen LogP contribution in [-0.4, -0.2) is 26.4 Å². The molecule has 0 aliphatic carbocycles. The molecule has 2 aliphatic rings. The first kappa shape index (κ1) is 28.2. The van der Waals surface area contributed by atoms with Gasteiger partial charge in [-0.05, 0) is 71.2 Å². The molecule has 0 amide bonds. The van der Waals surface area contributed by atoms with Gasteiger partial charge in [0.25, 0.3) is 0 Å². The number of hydrogen-bond acceptors (Lipinski definition) is 4. The highest BCUT2D eigenvalue weighted by atomic mass is 15.4. The Morgan fingerprint density at radius 2 is 0.738 bits per heavy atom. The first-order valence-electron chi connectivity index (χ1n) is 15.5. The van der Waals surface area contributed by atoms with Crippen molar-refractivity contribution in [2.24, 2.45) is 0 Å². The minimum atomic E-state index is 0.0895. The average Bonchev–Trinajstić information content (AvgIpc) is 3.53. The van der Waals surface area contributed by atoms with E-state index in [1.54, 1.807) is 0 Å². The second kappa shape index (κ2) is 11.1. The van der Waals surface area contributed by atoms with E-state index in [1.807, 2.05) is 0 Å². The lowest BCUT2D eigenvalue weighted by Gasteiger charge is -2.29. The highest BCUT2D eigenvalue weighted by Gasteiger charge is 2.31. The van der Waals surface area contributed by atoms with Crippen LogP contribution in [0.3, 0.4) is 0 Å². The van der Waals surface area contributed by atoms with E-state index in [2.05, 4.69) is 158 Å². The summed E-state index contributed by atoms with van der Waals surface area (Å²) in [4.78, 5) is 10.2. The second-order valence-electron chi connectivity index (χ2n) is 13.9. The molecule has 0 fully saturated rings. The molecule has 2 heterocycles. The molecule has 4 aromatic rings. The molecule has 0 saturated heterocycles. The van der Waals surface area contributed by atoms with Crippen molar-refractivity contribution in [3.63, 3.8) is 0 Å². The first-order valence-corrected chi connectivity index (χ1v) is 15.5. The van der Waals surface area contributed by atoms with Gasteiger partial charge in [-0.2, -0.15) is 0 Å². The lowest BCUT2D eigenvalue weighted by molar-refractivity contribution is 0.588. The van der Waals surface area contributed by atoms with Crippen LogP contribution in [0, 0.1) is 0 Å². The van der Waals surface area contributed by atoms with Gasteiger partial charge in [0, 0.05) is 24.5 Å². The highest BCUT2D eigenvalue weighted by Crippen LogP contribution is 2.45. The van der Waals surface area contributed by atoms with Gasteiger partial charge in [0.1, 0.15) is 0 Å². The minimum Gasteiger partial charge on any atom is -0.352 e. The summed E-state index contributed by atoms with van der Waals surface area (Å²) in [6.45, 7) is 17.8. The quantitative estimate of drug-likeness (QED) is 0.209. The monoisotopic (exact) mass is 558 g/mol. The van der Waals surface area contributed by atoms with Crippen LogP contribution in [0.4, 0.5) is 34.1 Å². The van der Waals surface area contributed by atoms with Gasteiger partial charge >= 0.3 is 0 Å². The topological polar surface area (TPSA) is 13.0 Å². The molecule has 6 rings (SSSR count). The molecule has 0 N–H and O–H groups in total. The van der Waals surface area contributed by atoms with Crippen LogP contribution in [-0.2, 0) is 10.8 Å². The van der Waals surface area contributed by atoms with Crippen LogP contribution in [0.1, 0.15) is 65.5 Å². The number of hydrogen-bond donors (Lipinski definition) is 0. The Balaban J connectivity index is 1.15. The summed E-state index contributed by atoms with van der Waals surface area (Å²) in [5.74, 6) is 0. The number of nitrogens with zero attached hydrogens (tertiary/aromatic N) is 4. The van der Waals surface area contributed by atoms with Crippen molar-refractivity contribution in [1.82, 2.24) is 0 Å². The molecular weight excluding hydrogens is 512 g/mol. The summed E-state index contributed by atoms with van der Waals surface area (Å²) in [5.41, 5.74) is 10.9. The third-order valence-electron chi connectivity index (χ3n) is 8.76. The average molecular weight is 559 g/mol. The van der Waals surface area contributed by atoms with E-state index in [4.69, 9.17) is 0 Å². The number of fused-ring (bicyclic) bond motifs is 2. The van der Waals surface area contributed by atoms with E-state index < -0.39 is 0 Å². The Morgan fingerprint density at radius 1 is 0.429 bits per heavy atom. The van der Waals surface area contributed by atoms with Crippen molar-refractivity contribution in [3.05, 3.63) is 108 Å². The third-order valence-corrected chi connectivity index (χ3v) is 8.76. The third kappa shape index (κ3) is 5.35. The van der Waals surface area contributed by atoms with E-state index in [0.29, 0.717) is 0 Å². The van der Waals surface area contributed by atoms with Gasteiger partial charge in [0.05, 0.1) is 36.1 Å². The predicted octanol–water partition coefficient (Wildman–Crippen LogP) is 9.59. The van der Waals surface area contributed by atoms with Crippen LogP contribution < -0.4 is 19.6 Å². The summed E-state index contributed by atoms with van der Waals surface area (Å²) in [6.07, 6.45) is 2.31. The molecule has 0 spiro atoms. The largest absolute Gasteiger partial charge is 0.352 e. The minimum absolute atomic E-state index is 0.0895. The molecular formula is C38H46N4. The van der Waals surface area contributed by atoms with Crippen molar-refractivity contribution in [1.29, 1.82) is 0 Å².